The van der Waals surface area contributed by atoms with Crippen LogP contribution in [0.1, 0.15) is 5.56 Å². The van der Waals surface area contributed by atoms with Crippen molar-refractivity contribution in [2.24, 2.45) is 5.73 Å². The summed E-state index contributed by atoms with van der Waals surface area (Å²) in [6, 6.07) is 16.5. The van der Waals surface area contributed by atoms with Gasteiger partial charge in [0.2, 0.25) is 5.91 Å². The van der Waals surface area contributed by atoms with Gasteiger partial charge >= 0.3 is 0 Å². The summed E-state index contributed by atoms with van der Waals surface area (Å²) < 4.78 is 0. The molecule has 0 saturated carbocycles. The van der Waals surface area contributed by atoms with Crippen LogP contribution in [0, 0.1) is 0 Å². The van der Waals surface area contributed by atoms with E-state index in [1.54, 1.807) is 12.1 Å². The third-order valence-corrected chi connectivity index (χ3v) is 3.03. The lowest BCUT2D eigenvalue weighted by Gasteiger charge is -2.17. The molecule has 0 fully saturated rings. The van der Waals surface area contributed by atoms with Gasteiger partial charge in [0.25, 0.3) is 0 Å². The van der Waals surface area contributed by atoms with Gasteiger partial charge in [-0.3, -0.25) is 4.79 Å². The smallest absolute Gasteiger partial charge is 0.240 e. The minimum Gasteiger partial charge on any atom is -0.373 e. The molecule has 2 aromatic carbocycles. The standard InChI is InChI=1S/C15H15ClN2O/c16-12-7-4-8-13(10-12)18-14(15(17)19)9-11-5-2-1-3-6-11/h1-8,10,14,18H,9H2,(H2,17,19). The molecule has 1 amide bonds. The molecular weight excluding hydrogens is 260 g/mol. The molecule has 0 spiro atoms. The Morgan fingerprint density at radius 3 is 2.53 bits per heavy atom. The van der Waals surface area contributed by atoms with E-state index in [0.29, 0.717) is 11.4 Å². The Morgan fingerprint density at radius 1 is 1.16 bits per heavy atom. The maximum atomic E-state index is 11.5. The van der Waals surface area contributed by atoms with Gasteiger partial charge in [0, 0.05) is 17.1 Å². The van der Waals surface area contributed by atoms with Gasteiger partial charge in [0.05, 0.1) is 0 Å². The Hall–Kier alpha value is -2.00. The highest BCUT2D eigenvalue weighted by Gasteiger charge is 2.15. The fourth-order valence-corrected chi connectivity index (χ4v) is 2.04. The number of amides is 1. The molecular formula is C15H15ClN2O. The molecule has 1 atom stereocenters. The largest absolute Gasteiger partial charge is 0.373 e. The van der Waals surface area contributed by atoms with Gasteiger partial charge < -0.3 is 11.1 Å². The zero-order chi connectivity index (χ0) is 13.7. The molecule has 0 aromatic heterocycles. The van der Waals surface area contributed by atoms with E-state index in [1.165, 1.54) is 0 Å². The first-order chi connectivity index (χ1) is 9.15. The summed E-state index contributed by atoms with van der Waals surface area (Å²) in [5.74, 6) is -0.385. The number of nitrogens with one attached hydrogen (secondary N) is 1. The summed E-state index contributed by atoms with van der Waals surface area (Å²) in [6.45, 7) is 0. The monoisotopic (exact) mass is 274 g/mol. The highest BCUT2D eigenvalue weighted by atomic mass is 35.5. The van der Waals surface area contributed by atoms with Gasteiger partial charge in [-0.2, -0.15) is 0 Å². The van der Waals surface area contributed by atoms with Crippen LogP contribution in [0.2, 0.25) is 5.02 Å². The van der Waals surface area contributed by atoms with Crippen LogP contribution in [0.3, 0.4) is 0 Å². The first-order valence-electron chi connectivity index (χ1n) is 6.00. The van der Waals surface area contributed by atoms with Crippen LogP contribution in [0.15, 0.2) is 54.6 Å². The number of benzene rings is 2. The maximum Gasteiger partial charge on any atom is 0.240 e. The zero-order valence-electron chi connectivity index (χ0n) is 10.3. The number of hydrogen-bond donors (Lipinski definition) is 2. The second-order valence-corrected chi connectivity index (χ2v) is 4.74. The summed E-state index contributed by atoms with van der Waals surface area (Å²) in [4.78, 5) is 11.5. The Kier molecular flexibility index (Phi) is 4.42. The highest BCUT2D eigenvalue weighted by molar-refractivity contribution is 6.30. The Labute approximate surface area is 117 Å². The third kappa shape index (κ3) is 4.00. The van der Waals surface area contributed by atoms with E-state index in [0.717, 1.165) is 11.3 Å². The number of hydrogen-bond acceptors (Lipinski definition) is 2. The van der Waals surface area contributed by atoms with Crippen LogP contribution in [0.25, 0.3) is 0 Å². The lowest BCUT2D eigenvalue weighted by molar-refractivity contribution is -0.118. The fraction of sp³-hybridized carbons (Fsp3) is 0.133. The van der Waals surface area contributed by atoms with Crippen molar-refractivity contribution < 1.29 is 4.79 Å². The lowest BCUT2D eigenvalue weighted by atomic mass is 10.1. The Balaban J connectivity index is 2.11. The van der Waals surface area contributed by atoms with Crippen molar-refractivity contribution in [2.75, 3.05) is 5.32 Å². The Morgan fingerprint density at radius 2 is 1.89 bits per heavy atom. The molecule has 0 aliphatic carbocycles. The summed E-state index contributed by atoms with van der Waals surface area (Å²) in [5.41, 5.74) is 7.28. The fourth-order valence-electron chi connectivity index (χ4n) is 1.85. The van der Waals surface area contributed by atoms with E-state index >= 15 is 0 Å². The zero-order valence-corrected chi connectivity index (χ0v) is 11.1. The topological polar surface area (TPSA) is 55.1 Å². The van der Waals surface area contributed by atoms with Crippen molar-refractivity contribution in [3.63, 3.8) is 0 Å². The molecule has 0 radical (unpaired) electrons. The third-order valence-electron chi connectivity index (χ3n) is 2.79. The summed E-state index contributed by atoms with van der Waals surface area (Å²) in [7, 11) is 0. The molecule has 19 heavy (non-hydrogen) atoms. The molecule has 0 aliphatic rings. The number of nitrogens with two attached hydrogens (primary N) is 1. The highest BCUT2D eigenvalue weighted by Crippen LogP contribution is 2.16. The minimum absolute atomic E-state index is 0.385. The van der Waals surface area contributed by atoms with Crippen molar-refractivity contribution in [2.45, 2.75) is 12.5 Å². The van der Waals surface area contributed by atoms with Gasteiger partial charge in [-0.05, 0) is 23.8 Å². The molecule has 0 aliphatic heterocycles. The van der Waals surface area contributed by atoms with Crippen LogP contribution >= 0.6 is 11.6 Å². The average molecular weight is 275 g/mol. The normalized spacial score (nSPS) is 11.8. The number of carbonyl (C=O) groups is 1. The molecule has 0 heterocycles. The number of carbonyl (C=O) groups excluding carboxylic acids is 1. The van der Waals surface area contributed by atoms with E-state index in [9.17, 15) is 4.79 Å². The predicted molar refractivity (Wildman–Crippen MR) is 78.2 cm³/mol. The quantitative estimate of drug-likeness (QED) is 0.881. The molecule has 2 aromatic rings. The van der Waals surface area contributed by atoms with E-state index in [-0.39, 0.29) is 5.91 Å². The molecule has 3 N–H and O–H groups in total. The molecule has 98 valence electrons. The van der Waals surface area contributed by atoms with E-state index < -0.39 is 6.04 Å². The van der Waals surface area contributed by atoms with Gasteiger partial charge in [-0.15, -0.1) is 0 Å². The van der Waals surface area contributed by atoms with Crippen molar-refractivity contribution in [1.82, 2.24) is 0 Å². The SMILES string of the molecule is NC(=O)C(Cc1ccccc1)Nc1cccc(Cl)c1. The molecule has 3 nitrogen and oxygen atoms in total. The number of rotatable bonds is 5. The van der Waals surface area contributed by atoms with Crippen LogP contribution < -0.4 is 11.1 Å². The van der Waals surface area contributed by atoms with E-state index in [4.69, 9.17) is 17.3 Å². The van der Waals surface area contributed by atoms with Crippen molar-refractivity contribution >= 4 is 23.2 Å². The average Bonchev–Trinajstić information content (AvgIpc) is 2.39. The minimum atomic E-state index is -0.458. The second-order valence-electron chi connectivity index (χ2n) is 4.30. The first kappa shape index (κ1) is 13.4. The van der Waals surface area contributed by atoms with Crippen molar-refractivity contribution in [3.05, 3.63) is 65.2 Å². The number of anilines is 1. The number of halogens is 1. The van der Waals surface area contributed by atoms with Crippen molar-refractivity contribution in [1.29, 1.82) is 0 Å². The second kappa shape index (κ2) is 6.25. The molecule has 1 unspecified atom stereocenters. The molecule has 2 rings (SSSR count). The number of primary amides is 1. The van der Waals surface area contributed by atoms with E-state index in [1.807, 2.05) is 42.5 Å². The van der Waals surface area contributed by atoms with Gasteiger partial charge in [0.1, 0.15) is 6.04 Å². The molecule has 0 bridgehead atoms. The van der Waals surface area contributed by atoms with Gasteiger partial charge in [-0.1, -0.05) is 48.0 Å². The van der Waals surface area contributed by atoms with Crippen LogP contribution in [-0.4, -0.2) is 11.9 Å². The first-order valence-corrected chi connectivity index (χ1v) is 6.38. The van der Waals surface area contributed by atoms with Crippen LogP contribution in [0.4, 0.5) is 5.69 Å². The maximum absolute atomic E-state index is 11.5. The van der Waals surface area contributed by atoms with Crippen molar-refractivity contribution in [3.8, 4) is 0 Å². The van der Waals surface area contributed by atoms with Crippen LogP contribution in [-0.2, 0) is 11.2 Å². The van der Waals surface area contributed by atoms with Gasteiger partial charge in [-0.25, -0.2) is 0 Å². The lowest BCUT2D eigenvalue weighted by Crippen LogP contribution is -2.37. The summed E-state index contributed by atoms with van der Waals surface area (Å²) in [6.07, 6.45) is 0.544. The molecule has 0 saturated heterocycles. The summed E-state index contributed by atoms with van der Waals surface area (Å²) >= 11 is 5.91. The summed E-state index contributed by atoms with van der Waals surface area (Å²) in [5, 5.41) is 3.73. The van der Waals surface area contributed by atoms with E-state index in [2.05, 4.69) is 5.32 Å². The van der Waals surface area contributed by atoms with Gasteiger partial charge in [0.15, 0.2) is 0 Å². The van der Waals surface area contributed by atoms with Crippen LogP contribution in [0.5, 0.6) is 0 Å². The predicted octanol–water partition coefficient (Wildman–Crippen LogP) is 2.85. The Bertz CT molecular complexity index is 557. The molecule has 4 heteroatoms.